The van der Waals surface area contributed by atoms with Gasteiger partial charge >= 0.3 is 0 Å². The fourth-order valence-corrected chi connectivity index (χ4v) is 3.83. The predicted octanol–water partition coefficient (Wildman–Crippen LogP) is 4.31. The van der Waals surface area contributed by atoms with Crippen LogP contribution in [0.15, 0.2) is 10.6 Å². The maximum absolute atomic E-state index is 13.4. The van der Waals surface area contributed by atoms with Crippen LogP contribution < -0.4 is 0 Å². The van der Waals surface area contributed by atoms with Crippen molar-refractivity contribution < 1.29 is 9.32 Å². The number of nitrogens with zero attached hydrogens (tertiary/aromatic N) is 3. The number of hydrogen-bond acceptors (Lipinski definition) is 4. The second-order valence-electron chi connectivity index (χ2n) is 7.76. The van der Waals surface area contributed by atoms with E-state index in [1.165, 1.54) is 6.42 Å². The van der Waals surface area contributed by atoms with Crippen molar-refractivity contribution in [3.8, 4) is 0 Å². The summed E-state index contributed by atoms with van der Waals surface area (Å²) in [5.74, 6) is 1.31. The van der Waals surface area contributed by atoms with Crippen LogP contribution in [0.5, 0.6) is 0 Å². The molecule has 1 aliphatic carbocycles. The molecule has 5 nitrogen and oxygen atoms in total. The highest BCUT2D eigenvalue weighted by molar-refractivity contribution is 6.06. The summed E-state index contributed by atoms with van der Waals surface area (Å²) >= 11 is 0. The summed E-state index contributed by atoms with van der Waals surface area (Å²) in [6.45, 7) is 6.09. The molecule has 134 valence electrons. The van der Waals surface area contributed by atoms with E-state index in [4.69, 9.17) is 4.52 Å². The summed E-state index contributed by atoms with van der Waals surface area (Å²) in [6, 6.07) is 2.02. The Morgan fingerprint density at radius 3 is 2.88 bits per heavy atom. The molecule has 2 aromatic heterocycles. The van der Waals surface area contributed by atoms with E-state index < -0.39 is 0 Å². The van der Waals surface area contributed by atoms with Gasteiger partial charge in [0.25, 0.3) is 11.6 Å². The van der Waals surface area contributed by atoms with Gasteiger partial charge in [0.15, 0.2) is 0 Å². The second kappa shape index (κ2) is 6.77. The summed E-state index contributed by atoms with van der Waals surface area (Å²) in [5.41, 5.74) is 3.17. The zero-order valence-electron chi connectivity index (χ0n) is 15.3. The Morgan fingerprint density at radius 2 is 2.12 bits per heavy atom. The highest BCUT2D eigenvalue weighted by Crippen LogP contribution is 2.40. The van der Waals surface area contributed by atoms with Crippen molar-refractivity contribution >= 4 is 17.0 Å². The molecule has 3 heterocycles. The molecule has 2 aromatic rings. The molecule has 0 spiro atoms. The third kappa shape index (κ3) is 3.29. The largest absolute Gasteiger partial charge is 0.339 e. The van der Waals surface area contributed by atoms with Crippen LogP contribution in [-0.2, 0) is 6.42 Å². The van der Waals surface area contributed by atoms with Crippen molar-refractivity contribution in [3.05, 3.63) is 23.0 Å². The SMILES string of the molecule is CCCc1noc2nc(C3CC3)cc(C(=O)N3CCC[C@H](C)CC3)c12. The number of carbonyl (C=O) groups is 1. The molecule has 0 radical (unpaired) electrons. The molecule has 4 rings (SSSR count). The number of hydrogen-bond donors (Lipinski definition) is 0. The Labute approximate surface area is 148 Å². The number of aromatic nitrogens is 2. The van der Waals surface area contributed by atoms with Crippen LogP contribution in [-0.4, -0.2) is 34.0 Å². The van der Waals surface area contributed by atoms with Gasteiger partial charge in [0.05, 0.1) is 16.6 Å². The maximum Gasteiger partial charge on any atom is 0.259 e. The van der Waals surface area contributed by atoms with Crippen molar-refractivity contribution in [3.63, 3.8) is 0 Å². The van der Waals surface area contributed by atoms with E-state index >= 15 is 0 Å². The molecule has 1 saturated carbocycles. The molecule has 1 amide bonds. The van der Waals surface area contributed by atoms with Crippen molar-refractivity contribution in [2.24, 2.45) is 5.92 Å². The Hall–Kier alpha value is -1.91. The van der Waals surface area contributed by atoms with Crippen molar-refractivity contribution in [2.45, 2.75) is 64.7 Å². The van der Waals surface area contributed by atoms with Gasteiger partial charge in [-0.25, -0.2) is 4.98 Å². The second-order valence-corrected chi connectivity index (χ2v) is 7.76. The third-order valence-electron chi connectivity index (χ3n) is 5.55. The monoisotopic (exact) mass is 341 g/mol. The van der Waals surface area contributed by atoms with Crippen molar-refractivity contribution in [1.82, 2.24) is 15.0 Å². The average Bonchev–Trinajstić information content (AvgIpc) is 3.41. The molecule has 0 bridgehead atoms. The van der Waals surface area contributed by atoms with Crippen molar-refractivity contribution in [1.29, 1.82) is 0 Å². The zero-order valence-corrected chi connectivity index (χ0v) is 15.3. The Bertz CT molecular complexity index is 779. The van der Waals surface area contributed by atoms with Crippen molar-refractivity contribution in [2.75, 3.05) is 13.1 Å². The van der Waals surface area contributed by atoms with E-state index in [0.717, 1.165) is 74.0 Å². The van der Waals surface area contributed by atoms with E-state index in [-0.39, 0.29) is 5.91 Å². The third-order valence-corrected chi connectivity index (χ3v) is 5.55. The Balaban J connectivity index is 1.75. The highest BCUT2D eigenvalue weighted by atomic mass is 16.5. The number of rotatable bonds is 4. The number of aryl methyl sites for hydroxylation is 1. The average molecular weight is 341 g/mol. The normalized spacial score (nSPS) is 21.5. The smallest absolute Gasteiger partial charge is 0.259 e. The van der Waals surface area contributed by atoms with Crippen LogP contribution >= 0.6 is 0 Å². The fourth-order valence-electron chi connectivity index (χ4n) is 3.83. The summed E-state index contributed by atoms with van der Waals surface area (Å²) in [5, 5.41) is 5.06. The van der Waals surface area contributed by atoms with Crippen LogP contribution in [0.2, 0.25) is 0 Å². The van der Waals surface area contributed by atoms with Gasteiger partial charge in [-0.15, -0.1) is 0 Å². The molecule has 2 aliphatic rings. The standard InChI is InChI=1S/C20H27N3O2/c1-3-5-16-18-15(20(24)23-10-4-6-13(2)9-11-23)12-17(14-7-8-14)21-19(18)25-22-16/h12-14H,3-11H2,1-2H3/t13-/m0/s1. The lowest BCUT2D eigenvalue weighted by Gasteiger charge is -2.21. The number of likely N-dealkylation sites (tertiary alicyclic amines) is 1. The van der Waals surface area contributed by atoms with Gasteiger partial charge in [-0.1, -0.05) is 25.4 Å². The van der Waals surface area contributed by atoms with Crippen LogP contribution in [0.25, 0.3) is 11.1 Å². The first kappa shape index (κ1) is 16.6. The summed E-state index contributed by atoms with van der Waals surface area (Å²) in [7, 11) is 0. The van der Waals surface area contributed by atoms with E-state index in [2.05, 4.69) is 24.0 Å². The first-order valence-corrected chi connectivity index (χ1v) is 9.75. The predicted molar refractivity (Wildman–Crippen MR) is 96.7 cm³/mol. The Kier molecular flexibility index (Phi) is 4.48. The minimum atomic E-state index is 0.129. The van der Waals surface area contributed by atoms with Gasteiger partial charge in [-0.2, -0.15) is 0 Å². The molecule has 1 saturated heterocycles. The lowest BCUT2D eigenvalue weighted by atomic mass is 10.0. The molecule has 1 aliphatic heterocycles. The molecular formula is C20H27N3O2. The van der Waals surface area contributed by atoms with E-state index in [9.17, 15) is 4.79 Å². The fraction of sp³-hybridized carbons (Fsp3) is 0.650. The highest BCUT2D eigenvalue weighted by Gasteiger charge is 2.30. The van der Waals surface area contributed by atoms with Gasteiger partial charge in [-0.3, -0.25) is 4.79 Å². The van der Waals surface area contributed by atoms with Gasteiger partial charge in [0, 0.05) is 24.7 Å². The van der Waals surface area contributed by atoms with Crippen LogP contribution in [0.4, 0.5) is 0 Å². The summed E-state index contributed by atoms with van der Waals surface area (Å²) < 4.78 is 5.51. The van der Waals surface area contributed by atoms with Gasteiger partial charge in [-0.05, 0) is 50.5 Å². The molecule has 1 atom stereocenters. The first-order chi connectivity index (χ1) is 12.2. The van der Waals surface area contributed by atoms with Gasteiger partial charge in [0.2, 0.25) is 0 Å². The molecule has 2 fully saturated rings. The zero-order chi connectivity index (χ0) is 17.4. The quantitative estimate of drug-likeness (QED) is 0.831. The summed E-state index contributed by atoms with van der Waals surface area (Å²) in [6.07, 6.45) is 7.47. The minimum Gasteiger partial charge on any atom is -0.339 e. The molecule has 0 N–H and O–H groups in total. The van der Waals surface area contributed by atoms with Crippen LogP contribution in [0.1, 0.15) is 80.0 Å². The summed E-state index contributed by atoms with van der Waals surface area (Å²) in [4.78, 5) is 20.0. The van der Waals surface area contributed by atoms with Gasteiger partial charge < -0.3 is 9.42 Å². The molecule has 25 heavy (non-hydrogen) atoms. The Morgan fingerprint density at radius 1 is 1.28 bits per heavy atom. The minimum absolute atomic E-state index is 0.129. The van der Waals surface area contributed by atoms with E-state index in [1.54, 1.807) is 0 Å². The number of pyridine rings is 1. The topological polar surface area (TPSA) is 59.2 Å². The van der Waals surface area contributed by atoms with E-state index in [0.29, 0.717) is 17.5 Å². The van der Waals surface area contributed by atoms with Crippen LogP contribution in [0, 0.1) is 5.92 Å². The maximum atomic E-state index is 13.4. The molecule has 0 unspecified atom stereocenters. The molecule has 5 heteroatoms. The van der Waals surface area contributed by atoms with Crippen LogP contribution in [0.3, 0.4) is 0 Å². The number of fused-ring (bicyclic) bond motifs is 1. The molecule has 0 aromatic carbocycles. The van der Waals surface area contributed by atoms with E-state index in [1.807, 2.05) is 11.0 Å². The lowest BCUT2D eigenvalue weighted by Crippen LogP contribution is -2.32. The first-order valence-electron chi connectivity index (χ1n) is 9.75. The lowest BCUT2D eigenvalue weighted by molar-refractivity contribution is 0.0762. The number of amides is 1. The van der Waals surface area contributed by atoms with Gasteiger partial charge in [0.1, 0.15) is 0 Å². The number of carbonyl (C=O) groups excluding carboxylic acids is 1. The molecular weight excluding hydrogens is 314 g/mol.